The minimum absolute atomic E-state index is 0.0427. The zero-order valence-electron chi connectivity index (χ0n) is 10.4. The molecule has 1 heterocycles. The first-order valence-electron chi connectivity index (χ1n) is 5.92. The third-order valence-corrected chi connectivity index (χ3v) is 3.55. The minimum Gasteiger partial charge on any atom is -0.389 e. The molecule has 0 saturated carbocycles. The fraction of sp³-hybridized carbons (Fsp3) is 0.231. The van der Waals surface area contributed by atoms with Crippen molar-refractivity contribution in [1.82, 2.24) is 4.98 Å². The van der Waals surface area contributed by atoms with E-state index in [1.54, 1.807) is 12.1 Å². The van der Waals surface area contributed by atoms with Gasteiger partial charge in [0.05, 0.1) is 0 Å². The van der Waals surface area contributed by atoms with Crippen LogP contribution < -0.4 is 11.1 Å². The van der Waals surface area contributed by atoms with Gasteiger partial charge < -0.3 is 11.1 Å². The van der Waals surface area contributed by atoms with Gasteiger partial charge in [0.15, 0.2) is 5.13 Å². The molecule has 0 unspecified atom stereocenters. The maximum atomic E-state index is 11.5. The predicted octanol–water partition coefficient (Wildman–Crippen LogP) is 3.78. The van der Waals surface area contributed by atoms with Gasteiger partial charge in [0.2, 0.25) is 5.91 Å². The first-order chi connectivity index (χ1) is 9.10. The van der Waals surface area contributed by atoms with Gasteiger partial charge in [-0.2, -0.15) is 0 Å². The normalized spacial score (nSPS) is 10.4. The summed E-state index contributed by atoms with van der Waals surface area (Å²) in [7, 11) is 0. The standard InChI is InChI=1S/C13H14ClN3OS/c1-2-3-10(18)16-13-17-11(12(15)19-13)8-4-6-9(14)7-5-8/h4-7H,2-3,15H2,1H3,(H,16,17,18). The maximum absolute atomic E-state index is 11.5. The Balaban J connectivity index is 2.21. The van der Waals surface area contributed by atoms with E-state index in [4.69, 9.17) is 17.3 Å². The monoisotopic (exact) mass is 295 g/mol. The number of nitrogens with one attached hydrogen (secondary N) is 1. The van der Waals surface area contributed by atoms with Gasteiger partial charge in [-0.1, -0.05) is 42.0 Å². The van der Waals surface area contributed by atoms with Crippen LogP contribution in [0.25, 0.3) is 11.3 Å². The number of carbonyl (C=O) groups is 1. The highest BCUT2D eigenvalue weighted by atomic mass is 35.5. The van der Waals surface area contributed by atoms with Crippen LogP contribution in [0, 0.1) is 0 Å². The molecule has 4 nitrogen and oxygen atoms in total. The number of nitrogens with two attached hydrogens (primary N) is 1. The van der Waals surface area contributed by atoms with Gasteiger partial charge >= 0.3 is 0 Å². The Morgan fingerprint density at radius 2 is 2.11 bits per heavy atom. The molecule has 0 aliphatic heterocycles. The van der Waals surface area contributed by atoms with Crippen LogP contribution in [0.2, 0.25) is 5.02 Å². The Labute approximate surface area is 120 Å². The lowest BCUT2D eigenvalue weighted by Crippen LogP contribution is -2.10. The van der Waals surface area contributed by atoms with Crippen LogP contribution in [-0.4, -0.2) is 10.9 Å². The van der Waals surface area contributed by atoms with Crippen LogP contribution in [0.5, 0.6) is 0 Å². The molecule has 2 rings (SSSR count). The third-order valence-electron chi connectivity index (χ3n) is 2.49. The lowest BCUT2D eigenvalue weighted by Gasteiger charge is -1.99. The minimum atomic E-state index is -0.0427. The van der Waals surface area contributed by atoms with Gasteiger partial charge in [0.25, 0.3) is 0 Å². The summed E-state index contributed by atoms with van der Waals surface area (Å²) in [5.41, 5.74) is 7.49. The summed E-state index contributed by atoms with van der Waals surface area (Å²) < 4.78 is 0. The number of nitrogen functional groups attached to an aromatic ring is 1. The van der Waals surface area contributed by atoms with Crippen LogP contribution in [0.15, 0.2) is 24.3 Å². The Morgan fingerprint density at radius 1 is 1.42 bits per heavy atom. The molecule has 0 radical (unpaired) electrons. The van der Waals surface area contributed by atoms with Crippen LogP contribution in [0.1, 0.15) is 19.8 Å². The molecule has 0 fully saturated rings. The van der Waals surface area contributed by atoms with Crippen molar-refractivity contribution in [2.24, 2.45) is 0 Å². The quantitative estimate of drug-likeness (QED) is 0.902. The van der Waals surface area contributed by atoms with Crippen molar-refractivity contribution < 1.29 is 4.79 Å². The number of hydrogen-bond acceptors (Lipinski definition) is 4. The second-order valence-electron chi connectivity index (χ2n) is 4.04. The molecule has 19 heavy (non-hydrogen) atoms. The number of thiazole rings is 1. The molecule has 0 aliphatic carbocycles. The lowest BCUT2D eigenvalue weighted by atomic mass is 10.2. The van der Waals surface area contributed by atoms with Gasteiger partial charge in [0, 0.05) is 17.0 Å². The molecule has 1 aromatic carbocycles. The van der Waals surface area contributed by atoms with E-state index in [-0.39, 0.29) is 5.91 Å². The Hall–Kier alpha value is -1.59. The van der Waals surface area contributed by atoms with Crippen LogP contribution in [0.3, 0.4) is 0 Å². The zero-order chi connectivity index (χ0) is 13.8. The average molecular weight is 296 g/mol. The van der Waals surface area contributed by atoms with E-state index in [1.807, 2.05) is 19.1 Å². The molecule has 3 N–H and O–H groups in total. The van der Waals surface area contributed by atoms with Gasteiger partial charge in [-0.25, -0.2) is 4.98 Å². The van der Waals surface area contributed by atoms with E-state index < -0.39 is 0 Å². The smallest absolute Gasteiger partial charge is 0.226 e. The Kier molecular flexibility index (Phi) is 4.39. The number of halogens is 1. The first kappa shape index (κ1) is 13.8. The number of carbonyl (C=O) groups excluding carboxylic acids is 1. The van der Waals surface area contributed by atoms with Crippen LogP contribution >= 0.6 is 22.9 Å². The summed E-state index contributed by atoms with van der Waals surface area (Å²) in [5, 5.41) is 4.52. The van der Waals surface area contributed by atoms with E-state index >= 15 is 0 Å². The summed E-state index contributed by atoms with van der Waals surface area (Å²) in [6, 6.07) is 7.27. The molecule has 1 aromatic heterocycles. The SMILES string of the molecule is CCCC(=O)Nc1nc(-c2ccc(Cl)cc2)c(N)s1. The summed E-state index contributed by atoms with van der Waals surface area (Å²) in [5.74, 6) is -0.0427. The first-order valence-corrected chi connectivity index (χ1v) is 7.11. The van der Waals surface area contributed by atoms with Gasteiger partial charge in [-0.3, -0.25) is 4.79 Å². The predicted molar refractivity (Wildman–Crippen MR) is 80.5 cm³/mol. The highest BCUT2D eigenvalue weighted by Crippen LogP contribution is 2.33. The summed E-state index contributed by atoms with van der Waals surface area (Å²) in [6.45, 7) is 1.95. The Morgan fingerprint density at radius 3 is 2.74 bits per heavy atom. The molecule has 100 valence electrons. The molecular formula is C13H14ClN3OS. The van der Waals surface area contributed by atoms with E-state index in [0.29, 0.717) is 27.3 Å². The molecule has 0 spiro atoms. The maximum Gasteiger partial charge on any atom is 0.226 e. The van der Waals surface area contributed by atoms with E-state index in [2.05, 4.69) is 10.3 Å². The van der Waals surface area contributed by atoms with Crippen molar-refractivity contribution in [1.29, 1.82) is 0 Å². The molecule has 2 aromatic rings. The number of amides is 1. The number of aromatic nitrogens is 1. The molecular weight excluding hydrogens is 282 g/mol. The van der Waals surface area contributed by atoms with Crippen molar-refractivity contribution in [3.63, 3.8) is 0 Å². The lowest BCUT2D eigenvalue weighted by molar-refractivity contribution is -0.116. The molecule has 0 aliphatic rings. The van der Waals surface area contributed by atoms with Gasteiger partial charge in [0.1, 0.15) is 10.7 Å². The largest absolute Gasteiger partial charge is 0.389 e. The van der Waals surface area contributed by atoms with Crippen molar-refractivity contribution in [3.05, 3.63) is 29.3 Å². The molecule has 1 amide bonds. The van der Waals surface area contributed by atoms with E-state index in [0.717, 1.165) is 12.0 Å². The number of hydrogen-bond donors (Lipinski definition) is 2. The fourth-order valence-electron chi connectivity index (χ4n) is 1.61. The summed E-state index contributed by atoms with van der Waals surface area (Å²) in [6.07, 6.45) is 1.28. The van der Waals surface area contributed by atoms with Gasteiger partial charge in [-0.05, 0) is 18.6 Å². The average Bonchev–Trinajstić information content (AvgIpc) is 2.71. The highest BCUT2D eigenvalue weighted by molar-refractivity contribution is 7.20. The number of rotatable bonds is 4. The van der Waals surface area contributed by atoms with Crippen molar-refractivity contribution in [2.45, 2.75) is 19.8 Å². The van der Waals surface area contributed by atoms with Crippen LogP contribution in [0.4, 0.5) is 10.1 Å². The van der Waals surface area contributed by atoms with Crippen molar-refractivity contribution in [2.75, 3.05) is 11.1 Å². The van der Waals surface area contributed by atoms with E-state index in [9.17, 15) is 4.79 Å². The van der Waals surface area contributed by atoms with Gasteiger partial charge in [-0.15, -0.1) is 0 Å². The Bertz CT molecular complexity index is 580. The third kappa shape index (κ3) is 3.45. The molecule has 0 bridgehead atoms. The summed E-state index contributed by atoms with van der Waals surface area (Å²) in [4.78, 5) is 15.9. The van der Waals surface area contributed by atoms with Crippen molar-refractivity contribution in [3.8, 4) is 11.3 Å². The summed E-state index contributed by atoms with van der Waals surface area (Å²) >= 11 is 7.11. The number of anilines is 2. The number of nitrogens with zero attached hydrogens (tertiary/aromatic N) is 1. The molecule has 0 saturated heterocycles. The second kappa shape index (κ2) is 6.04. The highest BCUT2D eigenvalue weighted by Gasteiger charge is 2.12. The van der Waals surface area contributed by atoms with Crippen LogP contribution in [-0.2, 0) is 4.79 Å². The molecule has 0 atom stereocenters. The topological polar surface area (TPSA) is 68.0 Å². The van der Waals surface area contributed by atoms with Crippen molar-refractivity contribution >= 4 is 39.0 Å². The second-order valence-corrected chi connectivity index (χ2v) is 5.50. The zero-order valence-corrected chi connectivity index (χ0v) is 12.0. The van der Waals surface area contributed by atoms with E-state index in [1.165, 1.54) is 11.3 Å². The number of benzene rings is 1. The fourth-order valence-corrected chi connectivity index (χ4v) is 2.51. The molecule has 6 heteroatoms.